The fourth-order valence-corrected chi connectivity index (χ4v) is 1.78. The van der Waals surface area contributed by atoms with Gasteiger partial charge in [0.1, 0.15) is 0 Å². The van der Waals surface area contributed by atoms with Crippen molar-refractivity contribution in [3.63, 3.8) is 0 Å². The molecule has 6 heteroatoms. The van der Waals surface area contributed by atoms with E-state index >= 15 is 0 Å². The minimum absolute atomic E-state index is 0.143. The average molecular weight is 293 g/mol. The molecule has 0 fully saturated rings. The molecule has 1 aromatic rings. The van der Waals surface area contributed by atoms with E-state index in [1.807, 2.05) is 7.05 Å². The summed E-state index contributed by atoms with van der Waals surface area (Å²) in [6, 6.07) is 6.28. The summed E-state index contributed by atoms with van der Waals surface area (Å²) in [5, 5.41) is 14.3. The number of rotatable bonds is 7. The predicted molar refractivity (Wildman–Crippen MR) is 82.8 cm³/mol. The second-order valence-corrected chi connectivity index (χ2v) is 5.00. The van der Waals surface area contributed by atoms with E-state index in [0.29, 0.717) is 18.3 Å². The van der Waals surface area contributed by atoms with Crippen LogP contribution in [0.5, 0.6) is 0 Å². The topological polar surface area (TPSA) is 81.7 Å². The Morgan fingerprint density at radius 2 is 2.10 bits per heavy atom. The van der Waals surface area contributed by atoms with Gasteiger partial charge in [0, 0.05) is 24.8 Å². The first-order chi connectivity index (χ1) is 9.93. The first-order valence-electron chi connectivity index (χ1n) is 7.02. The summed E-state index contributed by atoms with van der Waals surface area (Å²) in [5.41, 5.74) is 0.604. The minimum Gasteiger partial charge on any atom is -0.478 e. The number of aromatic carboxylic acids is 1. The Morgan fingerprint density at radius 3 is 2.71 bits per heavy atom. The summed E-state index contributed by atoms with van der Waals surface area (Å²) in [7, 11) is 2.02. The van der Waals surface area contributed by atoms with E-state index < -0.39 is 5.97 Å². The first kappa shape index (κ1) is 17.0. The summed E-state index contributed by atoms with van der Waals surface area (Å²) in [6.45, 7) is 5.55. The normalized spacial score (nSPS) is 12.0. The monoisotopic (exact) mass is 293 g/mol. The number of carboxylic acids is 1. The molecule has 0 aliphatic heterocycles. The third-order valence-electron chi connectivity index (χ3n) is 3.46. The van der Waals surface area contributed by atoms with Crippen LogP contribution in [0, 0.1) is 0 Å². The molecule has 0 aromatic heterocycles. The van der Waals surface area contributed by atoms with Crippen LogP contribution in [0.2, 0.25) is 0 Å². The van der Waals surface area contributed by atoms with Crippen LogP contribution in [0.1, 0.15) is 30.6 Å². The van der Waals surface area contributed by atoms with Crippen molar-refractivity contribution in [2.24, 2.45) is 0 Å². The maximum absolute atomic E-state index is 11.7. The largest absolute Gasteiger partial charge is 0.478 e. The molecule has 2 amide bonds. The van der Waals surface area contributed by atoms with Crippen molar-refractivity contribution in [1.82, 2.24) is 10.2 Å². The molecular weight excluding hydrogens is 270 g/mol. The van der Waals surface area contributed by atoms with Crippen LogP contribution in [-0.2, 0) is 0 Å². The fraction of sp³-hybridized carbons (Fsp3) is 0.467. The lowest BCUT2D eigenvalue weighted by atomic mass is 10.2. The third-order valence-corrected chi connectivity index (χ3v) is 3.46. The van der Waals surface area contributed by atoms with Gasteiger partial charge in [0.05, 0.1) is 5.56 Å². The van der Waals surface area contributed by atoms with Gasteiger partial charge >= 0.3 is 12.0 Å². The molecule has 1 unspecified atom stereocenters. The van der Waals surface area contributed by atoms with Gasteiger partial charge in [-0.1, -0.05) is 13.0 Å². The molecule has 21 heavy (non-hydrogen) atoms. The van der Waals surface area contributed by atoms with Crippen molar-refractivity contribution >= 4 is 17.7 Å². The molecule has 0 spiro atoms. The number of urea groups is 1. The maximum Gasteiger partial charge on any atom is 0.335 e. The molecule has 6 nitrogen and oxygen atoms in total. The van der Waals surface area contributed by atoms with Crippen LogP contribution in [0.25, 0.3) is 0 Å². The molecular formula is C15H23N3O3. The molecule has 1 rings (SSSR count). The van der Waals surface area contributed by atoms with Gasteiger partial charge in [0.25, 0.3) is 0 Å². The highest BCUT2D eigenvalue weighted by Gasteiger charge is 2.08. The molecule has 0 heterocycles. The summed E-state index contributed by atoms with van der Waals surface area (Å²) >= 11 is 0. The van der Waals surface area contributed by atoms with Gasteiger partial charge in [-0.2, -0.15) is 0 Å². The number of amides is 2. The highest BCUT2D eigenvalue weighted by molar-refractivity contribution is 5.93. The van der Waals surface area contributed by atoms with E-state index in [1.165, 1.54) is 12.1 Å². The van der Waals surface area contributed by atoms with Crippen LogP contribution in [0.3, 0.4) is 0 Å². The number of anilines is 1. The van der Waals surface area contributed by atoms with Gasteiger partial charge in [-0.3, -0.25) is 0 Å². The van der Waals surface area contributed by atoms with E-state index in [-0.39, 0.29) is 11.6 Å². The Kier molecular flexibility index (Phi) is 6.68. The average Bonchev–Trinajstić information content (AvgIpc) is 2.46. The van der Waals surface area contributed by atoms with Gasteiger partial charge in [-0.25, -0.2) is 9.59 Å². The lowest BCUT2D eigenvalue weighted by Crippen LogP contribution is -2.38. The van der Waals surface area contributed by atoms with Crippen molar-refractivity contribution < 1.29 is 14.7 Å². The van der Waals surface area contributed by atoms with Gasteiger partial charge < -0.3 is 20.6 Å². The lowest BCUT2D eigenvalue weighted by Gasteiger charge is -2.23. The smallest absolute Gasteiger partial charge is 0.335 e. The molecule has 0 aliphatic carbocycles. The zero-order valence-electron chi connectivity index (χ0n) is 12.7. The lowest BCUT2D eigenvalue weighted by molar-refractivity contribution is 0.0697. The van der Waals surface area contributed by atoms with Crippen molar-refractivity contribution in [3.05, 3.63) is 29.8 Å². The highest BCUT2D eigenvalue weighted by Crippen LogP contribution is 2.10. The van der Waals surface area contributed by atoms with Crippen molar-refractivity contribution in [2.45, 2.75) is 26.3 Å². The van der Waals surface area contributed by atoms with Gasteiger partial charge in [-0.15, -0.1) is 0 Å². The number of hydrogen-bond donors (Lipinski definition) is 3. The summed E-state index contributed by atoms with van der Waals surface area (Å²) < 4.78 is 0. The zero-order valence-corrected chi connectivity index (χ0v) is 12.7. The summed E-state index contributed by atoms with van der Waals surface area (Å²) in [5.74, 6) is -1.02. The predicted octanol–water partition coefficient (Wildman–Crippen LogP) is 2.24. The molecule has 3 N–H and O–H groups in total. The van der Waals surface area contributed by atoms with Gasteiger partial charge in [0.2, 0.25) is 0 Å². The van der Waals surface area contributed by atoms with E-state index in [2.05, 4.69) is 29.4 Å². The minimum atomic E-state index is -1.02. The van der Waals surface area contributed by atoms with Crippen molar-refractivity contribution in [2.75, 3.05) is 25.5 Å². The number of likely N-dealkylation sites (N-methyl/N-ethyl adjacent to an activating group) is 1. The third kappa shape index (κ3) is 5.83. The molecule has 0 bridgehead atoms. The Labute approximate surface area is 125 Å². The summed E-state index contributed by atoms with van der Waals surface area (Å²) in [6.07, 6.45) is 1.06. The second kappa shape index (κ2) is 8.26. The standard InChI is InChI=1S/C15H23N3O3/c1-4-11(2)18(3)9-8-16-15(21)17-13-7-5-6-12(10-13)14(19)20/h5-7,10-11H,4,8-9H2,1-3H3,(H,19,20)(H2,16,17,21). The van der Waals surface area contributed by atoms with E-state index in [9.17, 15) is 9.59 Å². The Hall–Kier alpha value is -2.08. The fourth-order valence-electron chi connectivity index (χ4n) is 1.78. The number of benzene rings is 1. The number of nitrogens with zero attached hydrogens (tertiary/aromatic N) is 1. The van der Waals surface area contributed by atoms with Crippen LogP contribution in [-0.4, -0.2) is 48.2 Å². The highest BCUT2D eigenvalue weighted by atomic mass is 16.4. The molecule has 0 saturated heterocycles. The van der Waals surface area contributed by atoms with Gasteiger partial charge in [0.15, 0.2) is 0 Å². The Balaban J connectivity index is 2.40. The van der Waals surface area contributed by atoms with Crippen LogP contribution in [0.4, 0.5) is 10.5 Å². The van der Waals surface area contributed by atoms with Crippen LogP contribution >= 0.6 is 0 Å². The quantitative estimate of drug-likeness (QED) is 0.720. The van der Waals surface area contributed by atoms with Crippen LogP contribution < -0.4 is 10.6 Å². The van der Waals surface area contributed by atoms with Crippen molar-refractivity contribution in [3.8, 4) is 0 Å². The second-order valence-electron chi connectivity index (χ2n) is 5.00. The molecule has 1 aromatic carbocycles. The number of hydrogen-bond acceptors (Lipinski definition) is 3. The SMILES string of the molecule is CCC(C)N(C)CCNC(=O)Nc1cccc(C(=O)O)c1. The number of carboxylic acid groups (broad SMARTS) is 1. The van der Waals surface area contributed by atoms with Gasteiger partial charge in [-0.05, 0) is 38.6 Å². The molecule has 0 radical (unpaired) electrons. The molecule has 1 atom stereocenters. The first-order valence-corrected chi connectivity index (χ1v) is 7.02. The summed E-state index contributed by atoms with van der Waals surface area (Å²) in [4.78, 5) is 24.7. The molecule has 0 saturated carbocycles. The number of nitrogens with one attached hydrogen (secondary N) is 2. The van der Waals surface area contributed by atoms with Crippen LogP contribution in [0.15, 0.2) is 24.3 Å². The zero-order chi connectivity index (χ0) is 15.8. The number of carbonyl (C=O) groups is 2. The van der Waals surface area contributed by atoms with E-state index in [4.69, 9.17) is 5.11 Å². The molecule has 0 aliphatic rings. The molecule has 116 valence electrons. The van der Waals surface area contributed by atoms with E-state index in [1.54, 1.807) is 12.1 Å². The Morgan fingerprint density at radius 1 is 1.38 bits per heavy atom. The van der Waals surface area contributed by atoms with Crippen molar-refractivity contribution in [1.29, 1.82) is 0 Å². The number of carbonyl (C=O) groups excluding carboxylic acids is 1. The van der Waals surface area contributed by atoms with E-state index in [0.717, 1.165) is 13.0 Å². The maximum atomic E-state index is 11.7. The Bertz CT molecular complexity index is 491.